The molecule has 0 bridgehead atoms. The standard InChI is InChI=1S/C14H28N2O2/c1-10(2)7-12(17)9-16-14(18)13-6-4-3-5-11(13)8-15/h10-13,17H,3-9,15H2,1-2H3,(H,16,18). The van der Waals surface area contributed by atoms with Crippen molar-refractivity contribution in [1.82, 2.24) is 5.32 Å². The van der Waals surface area contributed by atoms with Crippen LogP contribution in [0.2, 0.25) is 0 Å². The summed E-state index contributed by atoms with van der Waals surface area (Å²) in [6.07, 6.45) is 4.58. The van der Waals surface area contributed by atoms with Crippen molar-refractivity contribution in [3.05, 3.63) is 0 Å². The lowest BCUT2D eigenvalue weighted by Gasteiger charge is -2.29. The largest absolute Gasteiger partial charge is 0.391 e. The van der Waals surface area contributed by atoms with E-state index in [-0.39, 0.29) is 11.8 Å². The van der Waals surface area contributed by atoms with Crippen molar-refractivity contribution in [1.29, 1.82) is 0 Å². The van der Waals surface area contributed by atoms with Crippen molar-refractivity contribution in [2.75, 3.05) is 13.1 Å². The van der Waals surface area contributed by atoms with Crippen LogP contribution in [0.15, 0.2) is 0 Å². The molecule has 4 heteroatoms. The fourth-order valence-electron chi connectivity index (χ4n) is 2.81. The van der Waals surface area contributed by atoms with Gasteiger partial charge in [-0.1, -0.05) is 26.7 Å². The summed E-state index contributed by atoms with van der Waals surface area (Å²) < 4.78 is 0. The highest BCUT2D eigenvalue weighted by Crippen LogP contribution is 2.29. The Kier molecular flexibility index (Phi) is 6.65. The van der Waals surface area contributed by atoms with Gasteiger partial charge in [0, 0.05) is 12.5 Å². The first-order chi connectivity index (χ1) is 8.54. The van der Waals surface area contributed by atoms with Crippen LogP contribution in [0.3, 0.4) is 0 Å². The zero-order valence-corrected chi connectivity index (χ0v) is 11.7. The first-order valence-corrected chi connectivity index (χ1v) is 7.20. The maximum atomic E-state index is 12.1. The van der Waals surface area contributed by atoms with Gasteiger partial charge in [-0.3, -0.25) is 4.79 Å². The van der Waals surface area contributed by atoms with E-state index < -0.39 is 6.10 Å². The highest BCUT2D eigenvalue weighted by molar-refractivity contribution is 5.79. The van der Waals surface area contributed by atoms with Crippen LogP contribution in [-0.4, -0.2) is 30.2 Å². The molecule has 0 aromatic rings. The summed E-state index contributed by atoms with van der Waals surface area (Å²) in [6.45, 7) is 5.09. The van der Waals surface area contributed by atoms with Crippen LogP contribution < -0.4 is 11.1 Å². The maximum Gasteiger partial charge on any atom is 0.223 e. The molecule has 0 aromatic carbocycles. The number of amides is 1. The first-order valence-electron chi connectivity index (χ1n) is 7.20. The summed E-state index contributed by atoms with van der Waals surface area (Å²) in [4.78, 5) is 12.1. The summed E-state index contributed by atoms with van der Waals surface area (Å²) in [5.41, 5.74) is 5.72. The highest BCUT2D eigenvalue weighted by atomic mass is 16.3. The quantitative estimate of drug-likeness (QED) is 0.670. The number of hydrogen-bond donors (Lipinski definition) is 3. The van der Waals surface area contributed by atoms with Gasteiger partial charge < -0.3 is 16.2 Å². The second-order valence-corrected chi connectivity index (χ2v) is 5.92. The van der Waals surface area contributed by atoms with Gasteiger partial charge in [0.1, 0.15) is 0 Å². The lowest BCUT2D eigenvalue weighted by molar-refractivity contribution is -0.128. The summed E-state index contributed by atoms with van der Waals surface area (Å²) in [5.74, 6) is 0.896. The molecule has 0 radical (unpaired) electrons. The molecule has 1 aliphatic carbocycles. The van der Waals surface area contributed by atoms with Crippen LogP contribution in [0, 0.1) is 17.8 Å². The van der Waals surface area contributed by atoms with E-state index in [0.717, 1.165) is 25.7 Å². The Morgan fingerprint density at radius 3 is 2.67 bits per heavy atom. The van der Waals surface area contributed by atoms with Crippen molar-refractivity contribution >= 4 is 5.91 Å². The van der Waals surface area contributed by atoms with Crippen molar-refractivity contribution in [3.63, 3.8) is 0 Å². The highest BCUT2D eigenvalue weighted by Gasteiger charge is 2.29. The molecule has 1 amide bonds. The molecule has 3 unspecified atom stereocenters. The van der Waals surface area contributed by atoms with Gasteiger partial charge in [-0.05, 0) is 37.6 Å². The molecule has 4 nitrogen and oxygen atoms in total. The van der Waals surface area contributed by atoms with Gasteiger partial charge in [0.05, 0.1) is 6.10 Å². The fourth-order valence-corrected chi connectivity index (χ4v) is 2.81. The minimum atomic E-state index is -0.436. The number of aliphatic hydroxyl groups is 1. The summed E-state index contributed by atoms with van der Waals surface area (Å²) in [6, 6.07) is 0. The van der Waals surface area contributed by atoms with Crippen molar-refractivity contribution in [3.8, 4) is 0 Å². The monoisotopic (exact) mass is 256 g/mol. The van der Waals surface area contributed by atoms with Gasteiger partial charge in [0.2, 0.25) is 5.91 Å². The van der Waals surface area contributed by atoms with Crippen LogP contribution in [0.5, 0.6) is 0 Å². The summed E-state index contributed by atoms with van der Waals surface area (Å²) >= 11 is 0. The Morgan fingerprint density at radius 2 is 2.06 bits per heavy atom. The van der Waals surface area contributed by atoms with E-state index in [4.69, 9.17) is 5.73 Å². The number of aliphatic hydroxyl groups excluding tert-OH is 1. The second-order valence-electron chi connectivity index (χ2n) is 5.92. The molecular weight excluding hydrogens is 228 g/mol. The third-order valence-electron chi connectivity index (χ3n) is 3.80. The van der Waals surface area contributed by atoms with E-state index in [1.165, 1.54) is 6.42 Å². The number of rotatable bonds is 6. The third-order valence-corrected chi connectivity index (χ3v) is 3.80. The molecule has 0 aromatic heterocycles. The number of carbonyl (C=O) groups is 1. The summed E-state index contributed by atoms with van der Waals surface area (Å²) in [5, 5.41) is 12.6. The minimum Gasteiger partial charge on any atom is -0.391 e. The van der Waals surface area contributed by atoms with Crippen LogP contribution in [0.4, 0.5) is 0 Å². The molecule has 0 heterocycles. The molecule has 106 valence electrons. The van der Waals surface area contributed by atoms with E-state index in [9.17, 15) is 9.90 Å². The fraction of sp³-hybridized carbons (Fsp3) is 0.929. The smallest absolute Gasteiger partial charge is 0.223 e. The molecule has 4 N–H and O–H groups in total. The number of carbonyl (C=O) groups excluding carboxylic acids is 1. The Balaban J connectivity index is 2.34. The molecule has 0 spiro atoms. The van der Waals surface area contributed by atoms with Crippen molar-refractivity contribution in [2.45, 2.75) is 52.1 Å². The maximum absolute atomic E-state index is 12.1. The second kappa shape index (κ2) is 7.74. The van der Waals surface area contributed by atoms with Crippen LogP contribution >= 0.6 is 0 Å². The average Bonchev–Trinajstić information content (AvgIpc) is 2.35. The predicted octanol–water partition coefficient (Wildman–Crippen LogP) is 1.27. The SMILES string of the molecule is CC(C)CC(O)CNC(=O)C1CCCCC1CN. The normalized spacial score (nSPS) is 26.1. The average molecular weight is 256 g/mol. The topological polar surface area (TPSA) is 75.3 Å². The lowest BCUT2D eigenvalue weighted by Crippen LogP contribution is -2.42. The molecule has 18 heavy (non-hydrogen) atoms. The Bertz CT molecular complexity index is 256. The molecule has 1 rings (SSSR count). The number of nitrogens with two attached hydrogens (primary N) is 1. The Hall–Kier alpha value is -0.610. The summed E-state index contributed by atoms with van der Waals surface area (Å²) in [7, 11) is 0. The molecule has 0 aliphatic heterocycles. The zero-order valence-electron chi connectivity index (χ0n) is 11.7. The Labute approximate surface area is 110 Å². The molecule has 1 aliphatic rings. The van der Waals surface area contributed by atoms with Gasteiger partial charge in [-0.25, -0.2) is 0 Å². The van der Waals surface area contributed by atoms with Crippen LogP contribution in [0.25, 0.3) is 0 Å². The Morgan fingerprint density at radius 1 is 1.39 bits per heavy atom. The van der Waals surface area contributed by atoms with E-state index in [1.807, 2.05) is 0 Å². The van der Waals surface area contributed by atoms with E-state index in [0.29, 0.717) is 24.9 Å². The van der Waals surface area contributed by atoms with Gasteiger partial charge in [-0.2, -0.15) is 0 Å². The van der Waals surface area contributed by atoms with Gasteiger partial charge >= 0.3 is 0 Å². The van der Waals surface area contributed by atoms with Gasteiger partial charge in [0.15, 0.2) is 0 Å². The van der Waals surface area contributed by atoms with E-state index in [1.54, 1.807) is 0 Å². The molecule has 3 atom stereocenters. The van der Waals surface area contributed by atoms with Crippen molar-refractivity contribution in [2.24, 2.45) is 23.5 Å². The van der Waals surface area contributed by atoms with Crippen LogP contribution in [-0.2, 0) is 4.79 Å². The molecule has 1 saturated carbocycles. The molecule has 1 fully saturated rings. The molecular formula is C14H28N2O2. The number of nitrogens with one attached hydrogen (secondary N) is 1. The van der Waals surface area contributed by atoms with Gasteiger partial charge in [0.25, 0.3) is 0 Å². The zero-order chi connectivity index (χ0) is 13.5. The molecule has 0 saturated heterocycles. The van der Waals surface area contributed by atoms with Crippen molar-refractivity contribution < 1.29 is 9.90 Å². The lowest BCUT2D eigenvalue weighted by atomic mass is 9.78. The van der Waals surface area contributed by atoms with E-state index in [2.05, 4.69) is 19.2 Å². The van der Waals surface area contributed by atoms with Crippen LogP contribution in [0.1, 0.15) is 46.0 Å². The van der Waals surface area contributed by atoms with E-state index >= 15 is 0 Å². The first kappa shape index (κ1) is 15.4. The number of hydrogen-bond acceptors (Lipinski definition) is 3. The predicted molar refractivity (Wildman–Crippen MR) is 73.0 cm³/mol. The van der Waals surface area contributed by atoms with Gasteiger partial charge in [-0.15, -0.1) is 0 Å². The minimum absolute atomic E-state index is 0.0509. The third kappa shape index (κ3) is 4.94.